The van der Waals surface area contributed by atoms with E-state index >= 15 is 0 Å². The summed E-state index contributed by atoms with van der Waals surface area (Å²) in [6, 6.07) is 12.6. The monoisotopic (exact) mass is 569 g/mol. The molecule has 0 saturated heterocycles. The fourth-order valence-electron chi connectivity index (χ4n) is 6.59. The van der Waals surface area contributed by atoms with Crippen molar-refractivity contribution in [3.05, 3.63) is 106 Å². The number of ether oxygens (including phenoxy) is 2. The van der Waals surface area contributed by atoms with Gasteiger partial charge in [-0.3, -0.25) is 0 Å². The Balaban J connectivity index is 1.36. The van der Waals surface area contributed by atoms with Gasteiger partial charge in [0.25, 0.3) is 0 Å². The van der Waals surface area contributed by atoms with Gasteiger partial charge in [-0.25, -0.2) is 0 Å². The smallest absolute Gasteiger partial charge is 0.209 e. The lowest BCUT2D eigenvalue weighted by Gasteiger charge is -2.23. The van der Waals surface area contributed by atoms with Gasteiger partial charge in [0.05, 0.1) is 19.6 Å². The quantitative estimate of drug-likeness (QED) is 0.325. The van der Waals surface area contributed by atoms with Crippen LogP contribution < -0.4 is 14.4 Å². The molecule has 0 aromatic heterocycles. The van der Waals surface area contributed by atoms with E-state index in [0.29, 0.717) is 0 Å². The molecule has 2 aliphatic heterocycles. The van der Waals surface area contributed by atoms with Crippen LogP contribution in [-0.4, -0.2) is 38.6 Å². The summed E-state index contributed by atoms with van der Waals surface area (Å²) in [6.45, 7) is 9.08. The second-order valence-corrected chi connectivity index (χ2v) is 12.6. The SMILES string of the molecule is COc1ccc2c(c1)C(C)(C)C(=CC=CC=C1CCCC(C=CC3=[N+](C)c4ccc(OC)cc4C3(C)C)=C1Cl)N2C. The third-order valence-electron chi connectivity index (χ3n) is 9.04. The van der Waals surface area contributed by atoms with E-state index < -0.39 is 0 Å². The van der Waals surface area contributed by atoms with Crippen molar-refractivity contribution < 1.29 is 14.0 Å². The highest BCUT2D eigenvalue weighted by atomic mass is 35.5. The standard InChI is InChI=1S/C36H42ClN2O2/c1-35(2)28-22-26(40-7)17-19-30(28)38(5)32(35)15-10-9-12-24-13-11-14-25(34(24)37)16-21-33-36(3,4)29-23-27(41-8)18-20-31(29)39(33)6/h9-10,12,15-23H,11,13-14H2,1-8H3/q+1. The third-order valence-corrected chi connectivity index (χ3v) is 9.53. The number of methoxy groups -OCH3 is 2. The fraction of sp³-hybridized carbons (Fsp3) is 0.361. The summed E-state index contributed by atoms with van der Waals surface area (Å²) in [4.78, 5) is 2.27. The molecule has 2 aromatic rings. The van der Waals surface area contributed by atoms with Crippen molar-refractivity contribution in [2.45, 2.75) is 57.8 Å². The van der Waals surface area contributed by atoms with Crippen LogP contribution in [0.2, 0.25) is 0 Å². The second kappa shape index (κ2) is 11.1. The Morgan fingerprint density at radius 1 is 0.854 bits per heavy atom. The summed E-state index contributed by atoms with van der Waals surface area (Å²) < 4.78 is 13.3. The van der Waals surface area contributed by atoms with E-state index in [1.165, 1.54) is 45.1 Å². The number of likely N-dealkylation sites (N-methyl/N-ethyl adjacent to an activating group) is 1. The van der Waals surface area contributed by atoms with Gasteiger partial charge < -0.3 is 14.4 Å². The molecule has 0 fully saturated rings. The second-order valence-electron chi connectivity index (χ2n) is 12.2. The Morgan fingerprint density at radius 3 is 2.22 bits per heavy atom. The molecule has 4 nitrogen and oxygen atoms in total. The van der Waals surface area contributed by atoms with Gasteiger partial charge in [0.1, 0.15) is 18.5 Å². The van der Waals surface area contributed by atoms with Crippen molar-refractivity contribution in [3.63, 3.8) is 0 Å². The zero-order chi connectivity index (χ0) is 29.5. The highest BCUT2D eigenvalue weighted by molar-refractivity contribution is 6.32. The molecule has 41 heavy (non-hydrogen) atoms. The van der Waals surface area contributed by atoms with Gasteiger partial charge in [0, 0.05) is 46.6 Å². The van der Waals surface area contributed by atoms with Crippen LogP contribution in [0.5, 0.6) is 11.5 Å². The molecule has 5 heteroatoms. The van der Waals surface area contributed by atoms with E-state index in [1.54, 1.807) is 14.2 Å². The molecule has 0 bridgehead atoms. The van der Waals surface area contributed by atoms with E-state index in [2.05, 4.69) is 112 Å². The summed E-state index contributed by atoms with van der Waals surface area (Å²) in [6.07, 6.45) is 16.2. The van der Waals surface area contributed by atoms with Crippen LogP contribution in [0.1, 0.15) is 58.1 Å². The number of allylic oxidation sites excluding steroid dienone is 10. The van der Waals surface area contributed by atoms with Gasteiger partial charge in [0.2, 0.25) is 5.69 Å². The maximum absolute atomic E-state index is 6.99. The first kappa shape index (κ1) is 29.0. The first-order valence-corrected chi connectivity index (χ1v) is 14.8. The minimum atomic E-state index is -0.127. The lowest BCUT2D eigenvalue weighted by molar-refractivity contribution is -0.401. The maximum Gasteiger partial charge on any atom is 0.209 e. The van der Waals surface area contributed by atoms with Gasteiger partial charge in [-0.15, -0.1) is 0 Å². The molecule has 2 aromatic carbocycles. The van der Waals surface area contributed by atoms with E-state index in [-0.39, 0.29) is 10.8 Å². The molecular formula is C36H42ClN2O2+. The average molecular weight is 570 g/mol. The van der Waals surface area contributed by atoms with Crippen molar-refractivity contribution in [2.24, 2.45) is 0 Å². The van der Waals surface area contributed by atoms with Crippen LogP contribution >= 0.6 is 11.6 Å². The molecule has 5 rings (SSSR count). The molecule has 0 N–H and O–H groups in total. The van der Waals surface area contributed by atoms with Gasteiger partial charge in [-0.05, 0) is 86.2 Å². The Morgan fingerprint density at radius 2 is 1.51 bits per heavy atom. The molecule has 0 atom stereocenters. The zero-order valence-corrected chi connectivity index (χ0v) is 26.4. The van der Waals surface area contributed by atoms with E-state index in [1.807, 2.05) is 12.1 Å². The highest BCUT2D eigenvalue weighted by Gasteiger charge is 2.43. The maximum atomic E-state index is 6.99. The largest absolute Gasteiger partial charge is 0.497 e. The van der Waals surface area contributed by atoms with Gasteiger partial charge in [-0.2, -0.15) is 4.58 Å². The number of halogens is 1. The Hall–Kier alpha value is -3.50. The molecule has 0 amide bonds. The van der Waals surface area contributed by atoms with Crippen LogP contribution in [-0.2, 0) is 10.8 Å². The predicted molar refractivity (Wildman–Crippen MR) is 172 cm³/mol. The summed E-state index contributed by atoms with van der Waals surface area (Å²) in [5, 5.41) is 0.876. The van der Waals surface area contributed by atoms with Crippen molar-refractivity contribution in [1.29, 1.82) is 0 Å². The number of rotatable bonds is 6. The molecule has 0 radical (unpaired) electrons. The van der Waals surface area contributed by atoms with Crippen molar-refractivity contribution in [3.8, 4) is 11.5 Å². The molecule has 1 aliphatic carbocycles. The Kier molecular flexibility index (Phi) is 7.82. The van der Waals surface area contributed by atoms with E-state index in [4.69, 9.17) is 21.1 Å². The van der Waals surface area contributed by atoms with Crippen molar-refractivity contribution in [2.75, 3.05) is 33.2 Å². The molecular weight excluding hydrogens is 528 g/mol. The predicted octanol–water partition coefficient (Wildman–Crippen LogP) is 8.74. The number of hydrogen-bond donors (Lipinski definition) is 0. The van der Waals surface area contributed by atoms with Crippen LogP contribution in [0.15, 0.2) is 94.7 Å². The van der Waals surface area contributed by atoms with E-state index in [0.717, 1.165) is 35.8 Å². The zero-order valence-electron chi connectivity index (χ0n) is 25.6. The summed E-state index contributed by atoms with van der Waals surface area (Å²) in [5.74, 6) is 1.78. The molecule has 214 valence electrons. The summed E-state index contributed by atoms with van der Waals surface area (Å²) in [5.41, 5.74) is 9.66. The lowest BCUT2D eigenvalue weighted by atomic mass is 9.81. The van der Waals surface area contributed by atoms with Crippen LogP contribution in [0.25, 0.3) is 0 Å². The van der Waals surface area contributed by atoms with Gasteiger partial charge in [-0.1, -0.05) is 49.8 Å². The van der Waals surface area contributed by atoms with Crippen LogP contribution in [0, 0.1) is 0 Å². The highest BCUT2D eigenvalue weighted by Crippen LogP contribution is 2.48. The molecule has 3 aliphatic rings. The molecule has 0 unspecified atom stereocenters. The fourth-order valence-corrected chi connectivity index (χ4v) is 6.91. The number of fused-ring (bicyclic) bond motifs is 2. The van der Waals surface area contributed by atoms with Crippen LogP contribution in [0.4, 0.5) is 11.4 Å². The third kappa shape index (κ3) is 5.08. The lowest BCUT2D eigenvalue weighted by Crippen LogP contribution is -2.26. The summed E-state index contributed by atoms with van der Waals surface area (Å²) in [7, 11) is 7.71. The van der Waals surface area contributed by atoms with Gasteiger partial charge >= 0.3 is 0 Å². The molecule has 0 spiro atoms. The molecule has 0 saturated carbocycles. The minimum Gasteiger partial charge on any atom is -0.497 e. The first-order chi connectivity index (χ1) is 19.5. The van der Waals surface area contributed by atoms with Crippen LogP contribution in [0.3, 0.4) is 0 Å². The summed E-state index contributed by atoms with van der Waals surface area (Å²) >= 11 is 6.99. The van der Waals surface area contributed by atoms with E-state index in [9.17, 15) is 0 Å². The molecule has 2 heterocycles. The van der Waals surface area contributed by atoms with Gasteiger partial charge in [0.15, 0.2) is 5.71 Å². The minimum absolute atomic E-state index is 0.111. The number of benzene rings is 2. The van der Waals surface area contributed by atoms with Crippen molar-refractivity contribution >= 4 is 28.7 Å². The normalized spacial score (nSPS) is 21.5. The Bertz CT molecular complexity index is 1570. The average Bonchev–Trinajstić information content (AvgIpc) is 3.27. The topological polar surface area (TPSA) is 24.7 Å². The van der Waals surface area contributed by atoms with Crippen molar-refractivity contribution in [1.82, 2.24) is 0 Å². The number of nitrogens with zero attached hydrogens (tertiary/aromatic N) is 2. The number of hydrogen-bond acceptors (Lipinski definition) is 3. The first-order valence-electron chi connectivity index (χ1n) is 14.4. The number of anilines is 1. The Labute approximate surface area is 250 Å².